The fourth-order valence-corrected chi connectivity index (χ4v) is 3.12. The molecule has 1 aromatic heterocycles. The van der Waals surface area contributed by atoms with Crippen molar-refractivity contribution in [2.75, 3.05) is 10.6 Å². The number of anilines is 2. The number of pyridine rings is 1. The Balaban J connectivity index is 1.62. The van der Waals surface area contributed by atoms with Crippen LogP contribution in [0.3, 0.4) is 0 Å². The highest BCUT2D eigenvalue weighted by atomic mass is 14.9. The van der Waals surface area contributed by atoms with Gasteiger partial charge in [0.05, 0.1) is 24.5 Å². The molecule has 0 fully saturated rings. The van der Waals surface area contributed by atoms with E-state index in [4.69, 9.17) is 4.98 Å². The number of nitrogens with one attached hydrogen (secondary N) is 2. The number of aryl methyl sites for hydroxylation is 4. The summed E-state index contributed by atoms with van der Waals surface area (Å²) in [5.74, 6) is 0. The predicted octanol–water partition coefficient (Wildman–Crippen LogP) is 5.54. The van der Waals surface area contributed by atoms with Crippen molar-refractivity contribution in [3.8, 4) is 0 Å². The monoisotopic (exact) mass is 345 g/mol. The zero-order valence-corrected chi connectivity index (χ0v) is 16.1. The van der Waals surface area contributed by atoms with Gasteiger partial charge in [0, 0.05) is 11.4 Å². The van der Waals surface area contributed by atoms with Gasteiger partial charge in [0.2, 0.25) is 0 Å². The summed E-state index contributed by atoms with van der Waals surface area (Å²) in [6.45, 7) is 9.94. The van der Waals surface area contributed by atoms with Gasteiger partial charge in [-0.1, -0.05) is 41.5 Å². The molecule has 0 aliphatic rings. The SMILES string of the molecule is Cc1ccc(NCc2cccc(CNc3ccc(C)cc3C)n2)c(C)c1. The number of hydrogen-bond donors (Lipinski definition) is 2. The summed E-state index contributed by atoms with van der Waals surface area (Å²) in [4.78, 5) is 4.77. The maximum Gasteiger partial charge on any atom is 0.0598 e. The maximum absolute atomic E-state index is 4.77. The van der Waals surface area contributed by atoms with Crippen LogP contribution in [0.4, 0.5) is 11.4 Å². The molecule has 0 spiro atoms. The number of benzene rings is 2. The van der Waals surface area contributed by atoms with Gasteiger partial charge < -0.3 is 10.6 Å². The van der Waals surface area contributed by atoms with Crippen LogP contribution in [-0.4, -0.2) is 4.98 Å². The van der Waals surface area contributed by atoms with Crippen molar-refractivity contribution in [2.24, 2.45) is 0 Å². The number of aromatic nitrogens is 1. The minimum Gasteiger partial charge on any atom is -0.379 e. The molecule has 3 nitrogen and oxygen atoms in total. The minimum absolute atomic E-state index is 0.724. The standard InChI is InChI=1S/C23H27N3/c1-16-8-10-22(18(3)12-16)24-14-20-6-5-7-21(26-20)15-25-23-11-9-17(2)13-19(23)4/h5-13,24-25H,14-15H2,1-4H3. The van der Waals surface area contributed by atoms with Crippen LogP contribution in [-0.2, 0) is 13.1 Å². The third-order valence-electron chi connectivity index (χ3n) is 4.55. The zero-order chi connectivity index (χ0) is 18.5. The van der Waals surface area contributed by atoms with Gasteiger partial charge in [-0.3, -0.25) is 4.98 Å². The van der Waals surface area contributed by atoms with Crippen LogP contribution >= 0.6 is 0 Å². The van der Waals surface area contributed by atoms with E-state index in [0.29, 0.717) is 0 Å². The first-order valence-corrected chi connectivity index (χ1v) is 9.08. The molecule has 0 unspecified atom stereocenters. The second-order valence-electron chi connectivity index (χ2n) is 6.96. The van der Waals surface area contributed by atoms with Crippen molar-refractivity contribution < 1.29 is 0 Å². The topological polar surface area (TPSA) is 37.0 Å². The Morgan fingerprint density at radius 1 is 0.654 bits per heavy atom. The molecule has 3 heteroatoms. The molecule has 2 aromatic carbocycles. The molecule has 0 radical (unpaired) electrons. The van der Waals surface area contributed by atoms with Crippen LogP contribution in [0, 0.1) is 27.7 Å². The lowest BCUT2D eigenvalue weighted by Gasteiger charge is -2.12. The van der Waals surface area contributed by atoms with Crippen molar-refractivity contribution in [1.82, 2.24) is 4.98 Å². The first-order valence-electron chi connectivity index (χ1n) is 9.08. The zero-order valence-electron chi connectivity index (χ0n) is 16.1. The quantitative estimate of drug-likeness (QED) is 0.616. The van der Waals surface area contributed by atoms with Crippen LogP contribution in [0.1, 0.15) is 33.6 Å². The Labute approximate surface area is 156 Å². The molecule has 1 heterocycles. The van der Waals surface area contributed by atoms with Gasteiger partial charge in [-0.05, 0) is 63.1 Å². The van der Waals surface area contributed by atoms with Gasteiger partial charge in [0.25, 0.3) is 0 Å². The number of hydrogen-bond acceptors (Lipinski definition) is 3. The third kappa shape index (κ3) is 4.63. The highest BCUT2D eigenvalue weighted by Crippen LogP contribution is 2.18. The van der Waals surface area contributed by atoms with E-state index in [2.05, 4.69) is 92.9 Å². The van der Waals surface area contributed by atoms with E-state index >= 15 is 0 Å². The van der Waals surface area contributed by atoms with Gasteiger partial charge in [-0.15, -0.1) is 0 Å². The third-order valence-corrected chi connectivity index (χ3v) is 4.55. The summed E-state index contributed by atoms with van der Waals surface area (Å²) in [7, 11) is 0. The summed E-state index contributed by atoms with van der Waals surface area (Å²) in [6, 6.07) is 19.1. The number of rotatable bonds is 6. The minimum atomic E-state index is 0.724. The predicted molar refractivity (Wildman–Crippen MR) is 111 cm³/mol. The Morgan fingerprint density at radius 3 is 1.54 bits per heavy atom. The Kier molecular flexibility index (Phi) is 5.57. The molecule has 0 saturated heterocycles. The fourth-order valence-electron chi connectivity index (χ4n) is 3.12. The molecule has 0 bridgehead atoms. The molecule has 0 aliphatic heterocycles. The lowest BCUT2D eigenvalue weighted by atomic mass is 10.1. The first kappa shape index (κ1) is 18.0. The van der Waals surface area contributed by atoms with Crippen molar-refractivity contribution in [2.45, 2.75) is 40.8 Å². The highest BCUT2D eigenvalue weighted by Gasteiger charge is 2.03. The fraction of sp³-hybridized carbons (Fsp3) is 0.261. The van der Waals surface area contributed by atoms with Gasteiger partial charge >= 0.3 is 0 Å². The summed E-state index contributed by atoms with van der Waals surface area (Å²) in [5.41, 5.74) is 9.51. The summed E-state index contributed by atoms with van der Waals surface area (Å²) < 4.78 is 0. The van der Waals surface area contributed by atoms with E-state index in [1.165, 1.54) is 22.3 Å². The number of nitrogens with zero attached hydrogens (tertiary/aromatic N) is 1. The van der Waals surface area contributed by atoms with E-state index in [1.54, 1.807) is 0 Å². The smallest absolute Gasteiger partial charge is 0.0598 e. The van der Waals surface area contributed by atoms with Crippen molar-refractivity contribution in [1.29, 1.82) is 0 Å². The van der Waals surface area contributed by atoms with Crippen molar-refractivity contribution in [3.05, 3.63) is 88.2 Å². The summed E-state index contributed by atoms with van der Waals surface area (Å²) in [6.07, 6.45) is 0. The van der Waals surface area contributed by atoms with Crippen molar-refractivity contribution >= 4 is 11.4 Å². The van der Waals surface area contributed by atoms with Gasteiger partial charge in [0.1, 0.15) is 0 Å². The Hall–Kier alpha value is -2.81. The molecule has 0 aliphatic carbocycles. The second-order valence-corrected chi connectivity index (χ2v) is 6.96. The van der Waals surface area contributed by atoms with Gasteiger partial charge in [0.15, 0.2) is 0 Å². The molecule has 134 valence electrons. The lowest BCUT2D eigenvalue weighted by Crippen LogP contribution is -2.07. The van der Waals surface area contributed by atoms with E-state index in [1.807, 2.05) is 0 Å². The van der Waals surface area contributed by atoms with Crippen molar-refractivity contribution in [3.63, 3.8) is 0 Å². The average Bonchev–Trinajstić information content (AvgIpc) is 2.61. The summed E-state index contributed by atoms with van der Waals surface area (Å²) in [5, 5.41) is 6.98. The molecule has 3 rings (SSSR count). The normalized spacial score (nSPS) is 10.6. The summed E-state index contributed by atoms with van der Waals surface area (Å²) >= 11 is 0. The largest absolute Gasteiger partial charge is 0.379 e. The van der Waals surface area contributed by atoms with Crippen LogP contribution in [0.2, 0.25) is 0 Å². The molecule has 2 N–H and O–H groups in total. The lowest BCUT2D eigenvalue weighted by molar-refractivity contribution is 0.964. The van der Waals surface area contributed by atoms with Crippen LogP contribution in [0.15, 0.2) is 54.6 Å². The van der Waals surface area contributed by atoms with E-state index in [-0.39, 0.29) is 0 Å². The molecule has 0 amide bonds. The van der Waals surface area contributed by atoms with Crippen LogP contribution in [0.25, 0.3) is 0 Å². The molecule has 0 saturated carbocycles. The Bertz CT molecular complexity index is 829. The highest BCUT2D eigenvalue weighted by molar-refractivity contribution is 5.53. The van der Waals surface area contributed by atoms with Gasteiger partial charge in [-0.2, -0.15) is 0 Å². The first-order chi connectivity index (χ1) is 12.5. The molecule has 3 aromatic rings. The Morgan fingerprint density at radius 2 is 1.12 bits per heavy atom. The average molecular weight is 345 g/mol. The van der Waals surface area contributed by atoms with E-state index < -0.39 is 0 Å². The van der Waals surface area contributed by atoms with E-state index in [0.717, 1.165) is 35.9 Å². The van der Waals surface area contributed by atoms with Crippen LogP contribution < -0.4 is 10.6 Å². The molecule has 26 heavy (non-hydrogen) atoms. The maximum atomic E-state index is 4.77. The molecular formula is C23H27N3. The second kappa shape index (κ2) is 8.05. The molecular weight excluding hydrogens is 318 g/mol. The molecule has 0 atom stereocenters. The van der Waals surface area contributed by atoms with Gasteiger partial charge in [-0.25, -0.2) is 0 Å². The van der Waals surface area contributed by atoms with Crippen LogP contribution in [0.5, 0.6) is 0 Å². The van der Waals surface area contributed by atoms with E-state index in [9.17, 15) is 0 Å².